The van der Waals surface area contributed by atoms with Crippen LogP contribution >= 0.6 is 0 Å². The molecule has 5 rings (SSSR count). The number of nitrogens with two attached hydrogens (primary N) is 1. The smallest absolute Gasteiger partial charge is 0.382 e. The van der Waals surface area contributed by atoms with E-state index in [1.54, 1.807) is 23.2 Å². The zero-order valence-electron chi connectivity index (χ0n) is 21.2. The molecule has 3 amide bonds. The van der Waals surface area contributed by atoms with Gasteiger partial charge in [0.15, 0.2) is 5.82 Å². The molecule has 1 aliphatic rings. The third-order valence-corrected chi connectivity index (χ3v) is 6.60. The molecule has 0 aliphatic carbocycles. The first kappa shape index (κ1) is 26.9. The highest BCUT2D eigenvalue weighted by Gasteiger charge is 2.31. The lowest BCUT2D eigenvalue weighted by Crippen LogP contribution is -2.47. The van der Waals surface area contributed by atoms with E-state index < -0.39 is 29.3 Å². The maximum Gasteiger partial charge on any atom is 0.416 e. The monoisotopic (exact) mass is 556 g/mol. The maximum absolute atomic E-state index is 14.0. The summed E-state index contributed by atoms with van der Waals surface area (Å²) in [4.78, 5) is 33.9. The molecule has 0 spiro atoms. The van der Waals surface area contributed by atoms with Gasteiger partial charge < -0.3 is 26.2 Å². The quantitative estimate of drug-likeness (QED) is 0.325. The second-order valence-electron chi connectivity index (χ2n) is 9.30. The van der Waals surface area contributed by atoms with Crippen LogP contribution in [0.1, 0.15) is 15.9 Å². The van der Waals surface area contributed by atoms with Crippen molar-refractivity contribution < 1.29 is 27.2 Å². The Morgan fingerprint density at radius 2 is 1.70 bits per heavy atom. The largest absolute Gasteiger partial charge is 0.416 e. The fourth-order valence-electron chi connectivity index (χ4n) is 4.47. The second kappa shape index (κ2) is 10.4. The van der Waals surface area contributed by atoms with Gasteiger partial charge in [-0.15, -0.1) is 0 Å². The molecule has 4 aromatic rings. The summed E-state index contributed by atoms with van der Waals surface area (Å²) in [5, 5.41) is 8.75. The number of urea groups is 1. The van der Waals surface area contributed by atoms with Gasteiger partial charge in [0.25, 0.3) is 5.91 Å². The number of nitrogens with one attached hydrogen (secondary N) is 2. The van der Waals surface area contributed by atoms with Crippen LogP contribution in [0.2, 0.25) is 0 Å². The van der Waals surface area contributed by atoms with E-state index in [2.05, 4.69) is 25.6 Å². The molecule has 0 atom stereocenters. The molecule has 2 aromatic heterocycles. The molecule has 10 nitrogen and oxygen atoms in total. The van der Waals surface area contributed by atoms with Gasteiger partial charge in [-0.2, -0.15) is 18.3 Å². The lowest BCUT2D eigenvalue weighted by atomic mass is 10.0. The van der Waals surface area contributed by atoms with E-state index >= 15 is 0 Å². The van der Waals surface area contributed by atoms with Crippen molar-refractivity contribution in [3.05, 3.63) is 71.9 Å². The van der Waals surface area contributed by atoms with Crippen molar-refractivity contribution >= 4 is 34.6 Å². The average Bonchev–Trinajstić information content (AvgIpc) is 3.31. The van der Waals surface area contributed by atoms with Crippen LogP contribution in [-0.4, -0.2) is 69.6 Å². The summed E-state index contributed by atoms with van der Waals surface area (Å²) in [7, 11) is 1.99. The minimum Gasteiger partial charge on any atom is -0.382 e. The molecule has 1 fully saturated rings. The number of carbonyl (C=O) groups is 2. The highest BCUT2D eigenvalue weighted by molar-refractivity contribution is 6.07. The number of alkyl halides is 3. The fourth-order valence-corrected chi connectivity index (χ4v) is 4.47. The van der Waals surface area contributed by atoms with Crippen molar-refractivity contribution in [2.75, 3.05) is 49.6 Å². The van der Waals surface area contributed by atoms with Crippen molar-refractivity contribution in [2.24, 2.45) is 0 Å². The van der Waals surface area contributed by atoms with E-state index in [-0.39, 0.29) is 17.4 Å². The molecule has 0 saturated carbocycles. The Morgan fingerprint density at radius 3 is 2.38 bits per heavy atom. The molecule has 14 heteroatoms. The first-order valence-corrected chi connectivity index (χ1v) is 12.2. The molecule has 40 heavy (non-hydrogen) atoms. The summed E-state index contributed by atoms with van der Waals surface area (Å²) < 4.78 is 54.4. The van der Waals surface area contributed by atoms with Crippen molar-refractivity contribution in [3.63, 3.8) is 0 Å². The van der Waals surface area contributed by atoms with E-state index in [0.717, 1.165) is 13.1 Å². The van der Waals surface area contributed by atoms with Gasteiger partial charge in [0.2, 0.25) is 0 Å². The third-order valence-electron chi connectivity index (χ3n) is 6.60. The second-order valence-corrected chi connectivity index (χ2v) is 9.30. The number of rotatable bonds is 4. The van der Waals surface area contributed by atoms with Gasteiger partial charge >= 0.3 is 12.2 Å². The number of carbonyl (C=O) groups excluding carboxylic acids is 2. The van der Waals surface area contributed by atoms with E-state index in [1.807, 2.05) is 7.05 Å². The normalized spacial score (nSPS) is 14.4. The molecule has 2 aromatic carbocycles. The summed E-state index contributed by atoms with van der Waals surface area (Å²) >= 11 is 0. The standard InChI is InChI=1S/C26H24F4N8O2/c1-36-8-10-37(11-9-36)24(39)18-13-38-22(23(31)32-14-33-38)21(18)15-2-5-17(6-3-15)34-25(40)35-20-12-16(26(28,29)30)4-7-19(20)27/h2-7,12-14H,8-11H2,1H3,(H2,31,32,33)(H2,34,35,40). The molecular weight excluding hydrogens is 532 g/mol. The molecular formula is C26H24F4N8O2. The van der Waals surface area contributed by atoms with Gasteiger partial charge in [0, 0.05) is 43.6 Å². The number of amides is 3. The van der Waals surface area contributed by atoms with Gasteiger partial charge in [-0.3, -0.25) is 4.79 Å². The number of anilines is 3. The highest BCUT2D eigenvalue weighted by atomic mass is 19.4. The molecule has 1 aliphatic heterocycles. The van der Waals surface area contributed by atoms with E-state index in [1.165, 1.54) is 23.0 Å². The minimum atomic E-state index is -4.70. The summed E-state index contributed by atoms with van der Waals surface area (Å²) in [6.45, 7) is 2.60. The molecule has 1 saturated heterocycles. The summed E-state index contributed by atoms with van der Waals surface area (Å²) in [6, 6.07) is 7.14. The Morgan fingerprint density at radius 1 is 1.00 bits per heavy atom. The van der Waals surface area contributed by atoms with E-state index in [0.29, 0.717) is 53.5 Å². The lowest BCUT2D eigenvalue weighted by molar-refractivity contribution is -0.137. The number of nitrogen functional groups attached to an aromatic ring is 1. The summed E-state index contributed by atoms with van der Waals surface area (Å²) in [5.41, 5.74) is 6.65. The predicted molar refractivity (Wildman–Crippen MR) is 140 cm³/mol. The topological polar surface area (TPSA) is 121 Å². The number of hydrogen-bond donors (Lipinski definition) is 3. The Kier molecular flexibility index (Phi) is 7.02. The Balaban J connectivity index is 1.40. The number of halogens is 4. The molecule has 0 radical (unpaired) electrons. The van der Waals surface area contributed by atoms with Crippen LogP contribution in [0.3, 0.4) is 0 Å². The maximum atomic E-state index is 14.0. The van der Waals surface area contributed by atoms with Crippen LogP contribution in [0.4, 0.5) is 39.5 Å². The number of fused-ring (bicyclic) bond motifs is 1. The molecule has 3 heterocycles. The lowest BCUT2D eigenvalue weighted by Gasteiger charge is -2.32. The molecule has 4 N–H and O–H groups in total. The zero-order valence-corrected chi connectivity index (χ0v) is 21.2. The molecule has 0 unspecified atom stereocenters. The number of nitrogens with zero attached hydrogens (tertiary/aromatic N) is 5. The Hall–Kier alpha value is -4.72. The summed E-state index contributed by atoms with van der Waals surface area (Å²) in [5.74, 6) is -1.03. The van der Waals surface area contributed by atoms with Gasteiger partial charge in [0.05, 0.1) is 16.8 Å². The number of likely N-dealkylation sites (N-methyl/N-ethyl adjacent to an activating group) is 1. The van der Waals surface area contributed by atoms with Crippen molar-refractivity contribution in [1.29, 1.82) is 0 Å². The van der Waals surface area contributed by atoms with Crippen molar-refractivity contribution in [2.45, 2.75) is 6.18 Å². The van der Waals surface area contributed by atoms with Crippen LogP contribution < -0.4 is 16.4 Å². The summed E-state index contributed by atoms with van der Waals surface area (Å²) in [6.07, 6.45) is -1.81. The predicted octanol–water partition coefficient (Wildman–Crippen LogP) is 4.17. The number of hydrogen-bond acceptors (Lipinski definition) is 6. The zero-order chi connectivity index (χ0) is 28.6. The Bertz CT molecular complexity index is 1580. The van der Waals surface area contributed by atoms with E-state index in [9.17, 15) is 27.2 Å². The average molecular weight is 557 g/mol. The Labute approximate surface area is 225 Å². The first-order valence-electron chi connectivity index (χ1n) is 12.2. The van der Waals surface area contributed by atoms with Gasteiger partial charge in [0.1, 0.15) is 17.7 Å². The van der Waals surface area contributed by atoms with Crippen LogP contribution in [0.25, 0.3) is 16.6 Å². The van der Waals surface area contributed by atoms with Crippen LogP contribution in [0.15, 0.2) is 55.0 Å². The van der Waals surface area contributed by atoms with Gasteiger partial charge in [-0.1, -0.05) is 12.1 Å². The van der Waals surface area contributed by atoms with Crippen molar-refractivity contribution in [1.82, 2.24) is 24.4 Å². The third kappa shape index (κ3) is 5.38. The van der Waals surface area contributed by atoms with E-state index in [4.69, 9.17) is 5.73 Å². The van der Waals surface area contributed by atoms with Crippen LogP contribution in [0.5, 0.6) is 0 Å². The van der Waals surface area contributed by atoms with Crippen LogP contribution in [-0.2, 0) is 6.18 Å². The SMILES string of the molecule is CN1CCN(C(=O)c2cn3ncnc(N)c3c2-c2ccc(NC(=O)Nc3cc(C(F)(F)F)ccc3F)cc2)CC1. The van der Waals surface area contributed by atoms with Crippen molar-refractivity contribution in [3.8, 4) is 11.1 Å². The van der Waals surface area contributed by atoms with Gasteiger partial charge in [-0.05, 0) is 42.9 Å². The molecule has 208 valence electrons. The number of benzene rings is 2. The van der Waals surface area contributed by atoms with Crippen LogP contribution in [0, 0.1) is 5.82 Å². The number of aromatic nitrogens is 3. The molecule has 0 bridgehead atoms. The van der Waals surface area contributed by atoms with Gasteiger partial charge in [-0.25, -0.2) is 18.7 Å². The number of piperazine rings is 1. The highest BCUT2D eigenvalue weighted by Crippen LogP contribution is 2.34. The minimum absolute atomic E-state index is 0.173. The fraction of sp³-hybridized carbons (Fsp3) is 0.231. The first-order chi connectivity index (χ1) is 19.0.